The largest absolute Gasteiger partial charge is 0.0999 e. The van der Waals surface area contributed by atoms with E-state index >= 15 is 0 Å². The van der Waals surface area contributed by atoms with E-state index in [1.165, 1.54) is 31.3 Å². The van der Waals surface area contributed by atoms with Gasteiger partial charge >= 0.3 is 0 Å². The van der Waals surface area contributed by atoms with Gasteiger partial charge in [-0.25, -0.2) is 0 Å². The van der Waals surface area contributed by atoms with Gasteiger partial charge in [-0.1, -0.05) is 53.8 Å². The molecule has 0 aromatic carbocycles. The minimum Gasteiger partial charge on any atom is -0.0999 e. The lowest BCUT2D eigenvalue weighted by atomic mass is 9.59. The SMILES string of the molecule is C=C(C)[C@@H]1CCC2C=CC[C@@H](I)[C@]2(C)C1. The molecule has 0 amide bonds. The summed E-state index contributed by atoms with van der Waals surface area (Å²) in [5, 5.41) is 0. The Morgan fingerprint density at radius 3 is 2.87 bits per heavy atom. The molecule has 2 aliphatic rings. The second-order valence-electron chi connectivity index (χ2n) is 5.57. The van der Waals surface area contributed by atoms with E-state index < -0.39 is 0 Å². The summed E-state index contributed by atoms with van der Waals surface area (Å²) in [6, 6.07) is 0. The average molecular weight is 316 g/mol. The zero-order valence-corrected chi connectivity index (χ0v) is 12.0. The summed E-state index contributed by atoms with van der Waals surface area (Å²) in [4.78, 5) is 0. The lowest BCUT2D eigenvalue weighted by Gasteiger charge is -2.49. The van der Waals surface area contributed by atoms with Gasteiger partial charge in [0.05, 0.1) is 0 Å². The fourth-order valence-corrected chi connectivity index (χ4v) is 4.23. The van der Waals surface area contributed by atoms with Crippen LogP contribution in [-0.4, -0.2) is 3.92 Å². The summed E-state index contributed by atoms with van der Waals surface area (Å²) in [6.45, 7) is 8.85. The van der Waals surface area contributed by atoms with Crippen molar-refractivity contribution in [3.05, 3.63) is 24.3 Å². The van der Waals surface area contributed by atoms with E-state index in [0.717, 1.165) is 15.8 Å². The summed E-state index contributed by atoms with van der Waals surface area (Å²) in [6.07, 6.45) is 10.2. The Morgan fingerprint density at radius 2 is 2.20 bits per heavy atom. The summed E-state index contributed by atoms with van der Waals surface area (Å²) in [7, 11) is 0. The molecule has 4 atom stereocenters. The van der Waals surface area contributed by atoms with Crippen molar-refractivity contribution in [2.24, 2.45) is 17.3 Å². The highest BCUT2D eigenvalue weighted by Gasteiger charge is 2.44. The van der Waals surface area contributed by atoms with Gasteiger partial charge in [-0.2, -0.15) is 0 Å². The smallest absolute Gasteiger partial charge is 0.0204 e. The highest BCUT2D eigenvalue weighted by atomic mass is 127. The molecule has 15 heavy (non-hydrogen) atoms. The molecule has 0 spiro atoms. The number of hydrogen-bond acceptors (Lipinski definition) is 0. The number of allylic oxidation sites excluding steroid dienone is 3. The van der Waals surface area contributed by atoms with Gasteiger partial charge in [-0.05, 0) is 49.9 Å². The minimum absolute atomic E-state index is 0.525. The van der Waals surface area contributed by atoms with Crippen LogP contribution in [0.15, 0.2) is 24.3 Å². The molecule has 0 radical (unpaired) electrons. The fourth-order valence-electron chi connectivity index (χ4n) is 3.22. The Morgan fingerprint density at radius 1 is 1.47 bits per heavy atom. The third kappa shape index (κ3) is 2.04. The van der Waals surface area contributed by atoms with Gasteiger partial charge in [0.1, 0.15) is 0 Å². The van der Waals surface area contributed by atoms with Crippen LogP contribution in [0.1, 0.15) is 39.5 Å². The maximum atomic E-state index is 4.15. The first-order valence-corrected chi connectivity index (χ1v) is 7.24. The Bertz CT molecular complexity index is 292. The first-order chi connectivity index (χ1) is 7.04. The summed E-state index contributed by atoms with van der Waals surface area (Å²) in [5.41, 5.74) is 1.92. The van der Waals surface area contributed by atoms with Gasteiger partial charge < -0.3 is 0 Å². The highest BCUT2D eigenvalue weighted by Crippen LogP contribution is 2.53. The Labute approximate surface area is 107 Å². The number of rotatable bonds is 1. The van der Waals surface area contributed by atoms with Gasteiger partial charge in [-0.15, -0.1) is 0 Å². The fraction of sp³-hybridized carbons (Fsp3) is 0.714. The molecular formula is C14H21I. The van der Waals surface area contributed by atoms with Crippen LogP contribution in [0.2, 0.25) is 0 Å². The molecule has 0 saturated heterocycles. The van der Waals surface area contributed by atoms with Crippen molar-refractivity contribution in [2.75, 3.05) is 0 Å². The van der Waals surface area contributed by atoms with Crippen molar-refractivity contribution in [3.63, 3.8) is 0 Å². The van der Waals surface area contributed by atoms with E-state index in [1.54, 1.807) is 0 Å². The number of halogens is 1. The second kappa shape index (κ2) is 4.23. The molecule has 0 N–H and O–H groups in total. The standard InChI is InChI=1S/C14H21I/c1-10(2)11-7-8-12-5-4-6-13(15)14(12,3)9-11/h4-5,11-13H,1,6-9H2,2-3H3/t11-,12?,13-,14-/m1/s1. The van der Waals surface area contributed by atoms with E-state index in [2.05, 4.69) is 55.2 Å². The Kier molecular flexibility index (Phi) is 3.30. The molecule has 1 fully saturated rings. The molecule has 1 saturated carbocycles. The van der Waals surface area contributed by atoms with E-state index in [-0.39, 0.29) is 0 Å². The molecule has 0 nitrogen and oxygen atoms in total. The van der Waals surface area contributed by atoms with Crippen LogP contribution in [0.25, 0.3) is 0 Å². The van der Waals surface area contributed by atoms with Gasteiger partial charge in [0.25, 0.3) is 0 Å². The van der Waals surface area contributed by atoms with E-state index in [1.807, 2.05) is 0 Å². The third-order valence-electron chi connectivity index (χ3n) is 4.48. The quantitative estimate of drug-likeness (QED) is 0.372. The third-order valence-corrected chi connectivity index (χ3v) is 6.41. The van der Waals surface area contributed by atoms with Crippen LogP contribution in [0.5, 0.6) is 0 Å². The van der Waals surface area contributed by atoms with Crippen LogP contribution < -0.4 is 0 Å². The van der Waals surface area contributed by atoms with Crippen molar-refractivity contribution in [1.82, 2.24) is 0 Å². The van der Waals surface area contributed by atoms with Crippen molar-refractivity contribution in [1.29, 1.82) is 0 Å². The lowest BCUT2D eigenvalue weighted by Crippen LogP contribution is -2.42. The molecule has 84 valence electrons. The maximum absolute atomic E-state index is 4.15. The molecule has 0 aromatic heterocycles. The summed E-state index contributed by atoms with van der Waals surface area (Å²) >= 11 is 2.66. The van der Waals surface area contributed by atoms with E-state index in [4.69, 9.17) is 0 Å². The molecule has 2 rings (SSSR count). The second-order valence-corrected chi connectivity index (χ2v) is 7.07. The van der Waals surface area contributed by atoms with Gasteiger partial charge in [0, 0.05) is 3.92 Å². The Balaban J connectivity index is 2.20. The number of alkyl halides is 1. The first kappa shape index (κ1) is 11.7. The minimum atomic E-state index is 0.525. The normalized spacial score (nSPS) is 44.9. The molecule has 1 unspecified atom stereocenters. The number of fused-ring (bicyclic) bond motifs is 1. The van der Waals surface area contributed by atoms with Crippen LogP contribution in [-0.2, 0) is 0 Å². The van der Waals surface area contributed by atoms with Gasteiger partial charge in [0.2, 0.25) is 0 Å². The summed E-state index contributed by atoms with van der Waals surface area (Å²) < 4.78 is 0.812. The number of hydrogen-bond donors (Lipinski definition) is 0. The van der Waals surface area contributed by atoms with Crippen molar-refractivity contribution < 1.29 is 0 Å². The van der Waals surface area contributed by atoms with Crippen molar-refractivity contribution >= 4 is 22.6 Å². The molecule has 1 heteroatoms. The summed E-state index contributed by atoms with van der Waals surface area (Å²) in [5.74, 6) is 1.60. The molecule has 2 aliphatic carbocycles. The molecule has 0 bridgehead atoms. The average Bonchev–Trinajstić information content (AvgIpc) is 2.19. The van der Waals surface area contributed by atoms with E-state index in [9.17, 15) is 0 Å². The molecule has 0 heterocycles. The highest BCUT2D eigenvalue weighted by molar-refractivity contribution is 14.1. The predicted molar refractivity (Wildman–Crippen MR) is 75.3 cm³/mol. The van der Waals surface area contributed by atoms with Crippen LogP contribution in [0, 0.1) is 17.3 Å². The topological polar surface area (TPSA) is 0 Å². The molecular weight excluding hydrogens is 295 g/mol. The zero-order valence-electron chi connectivity index (χ0n) is 9.80. The molecule has 0 aliphatic heterocycles. The predicted octanol–water partition coefficient (Wildman–Crippen LogP) is 4.75. The van der Waals surface area contributed by atoms with Crippen LogP contribution in [0.3, 0.4) is 0 Å². The van der Waals surface area contributed by atoms with Crippen LogP contribution >= 0.6 is 22.6 Å². The van der Waals surface area contributed by atoms with Crippen molar-refractivity contribution in [3.8, 4) is 0 Å². The van der Waals surface area contributed by atoms with Crippen molar-refractivity contribution in [2.45, 2.75) is 43.5 Å². The van der Waals surface area contributed by atoms with E-state index in [0.29, 0.717) is 5.41 Å². The van der Waals surface area contributed by atoms with Gasteiger partial charge in [0.15, 0.2) is 0 Å². The van der Waals surface area contributed by atoms with Crippen LogP contribution in [0.4, 0.5) is 0 Å². The zero-order chi connectivity index (χ0) is 11.1. The first-order valence-electron chi connectivity index (χ1n) is 6.00. The Hall–Kier alpha value is 0.210. The lowest BCUT2D eigenvalue weighted by molar-refractivity contribution is 0.115. The molecule has 0 aromatic rings. The monoisotopic (exact) mass is 316 g/mol. The maximum Gasteiger partial charge on any atom is 0.0204 e. The van der Waals surface area contributed by atoms with Gasteiger partial charge in [-0.3, -0.25) is 0 Å².